The fourth-order valence-corrected chi connectivity index (χ4v) is 0.877. The highest BCUT2D eigenvalue weighted by Crippen LogP contribution is 2.07. The van der Waals surface area contributed by atoms with Crippen LogP contribution in [-0.4, -0.2) is 22.3 Å². The number of allylic oxidation sites excluding steroid dienone is 2. The van der Waals surface area contributed by atoms with Gasteiger partial charge in [-0.3, -0.25) is 0 Å². The smallest absolute Gasteiger partial charge is 0.328 e. The number of carboxylic acids is 1. The average Bonchev–Trinajstić information content (AvgIpc) is 2.10. The van der Waals surface area contributed by atoms with Gasteiger partial charge in [0.05, 0.1) is 6.10 Å². The van der Waals surface area contributed by atoms with Crippen molar-refractivity contribution in [2.24, 2.45) is 5.92 Å². The molecule has 0 heterocycles. The molecule has 0 radical (unpaired) electrons. The lowest BCUT2D eigenvalue weighted by atomic mass is 10.0. The molecule has 0 bridgehead atoms. The van der Waals surface area contributed by atoms with E-state index in [1.807, 2.05) is 13.8 Å². The maximum Gasteiger partial charge on any atom is 0.328 e. The first-order chi connectivity index (χ1) is 6.07. The number of hydrogen-bond acceptors (Lipinski definition) is 2. The highest BCUT2D eigenvalue weighted by molar-refractivity contribution is 5.80. The van der Waals surface area contributed by atoms with Gasteiger partial charge in [-0.15, -0.1) is 0 Å². The van der Waals surface area contributed by atoms with E-state index in [4.69, 9.17) is 5.11 Å². The van der Waals surface area contributed by atoms with E-state index in [1.165, 1.54) is 6.08 Å². The molecule has 0 amide bonds. The van der Waals surface area contributed by atoms with Crippen molar-refractivity contribution in [2.75, 3.05) is 0 Å². The van der Waals surface area contributed by atoms with E-state index in [0.29, 0.717) is 6.42 Å². The Hall–Kier alpha value is -1.09. The van der Waals surface area contributed by atoms with Gasteiger partial charge in [0.15, 0.2) is 0 Å². The number of aliphatic hydroxyl groups excluding tert-OH is 1. The van der Waals surface area contributed by atoms with Gasteiger partial charge in [0.25, 0.3) is 0 Å². The fourth-order valence-electron chi connectivity index (χ4n) is 0.877. The van der Waals surface area contributed by atoms with Gasteiger partial charge in [0.2, 0.25) is 0 Å². The Bertz CT molecular complexity index is 206. The number of carboxylic acid groups (broad SMARTS) is 1. The number of aliphatic hydroxyl groups is 1. The molecule has 74 valence electrons. The van der Waals surface area contributed by atoms with Crippen molar-refractivity contribution >= 4 is 5.97 Å². The third-order valence-electron chi connectivity index (χ3n) is 1.79. The predicted molar refractivity (Wildman–Crippen MR) is 51.4 cm³/mol. The van der Waals surface area contributed by atoms with Gasteiger partial charge in [0.1, 0.15) is 0 Å². The minimum Gasteiger partial charge on any atom is -0.478 e. The molecule has 2 N–H and O–H groups in total. The van der Waals surface area contributed by atoms with Crippen LogP contribution in [0.2, 0.25) is 0 Å². The number of hydrogen-bond donors (Lipinski definition) is 2. The highest BCUT2D eigenvalue weighted by atomic mass is 16.4. The third kappa shape index (κ3) is 6.11. The first-order valence-corrected chi connectivity index (χ1v) is 4.33. The molecule has 3 heteroatoms. The zero-order valence-electron chi connectivity index (χ0n) is 7.97. The Morgan fingerprint density at radius 2 is 2.08 bits per heavy atom. The normalized spacial score (nSPS) is 16.5. The molecule has 0 aromatic heterocycles. The molecule has 0 aliphatic carbocycles. The molecule has 13 heavy (non-hydrogen) atoms. The van der Waals surface area contributed by atoms with Gasteiger partial charge in [-0.05, 0) is 6.42 Å². The molecule has 2 unspecified atom stereocenters. The topological polar surface area (TPSA) is 57.5 Å². The van der Waals surface area contributed by atoms with Gasteiger partial charge in [-0.1, -0.05) is 32.1 Å². The third-order valence-corrected chi connectivity index (χ3v) is 1.79. The van der Waals surface area contributed by atoms with Crippen LogP contribution in [0.15, 0.2) is 24.3 Å². The van der Waals surface area contributed by atoms with Crippen LogP contribution in [0.3, 0.4) is 0 Å². The van der Waals surface area contributed by atoms with Gasteiger partial charge in [-0.25, -0.2) is 4.79 Å². The van der Waals surface area contributed by atoms with E-state index in [9.17, 15) is 9.90 Å². The maximum atomic E-state index is 10.1. The second-order valence-corrected chi connectivity index (χ2v) is 2.92. The Labute approximate surface area is 78.4 Å². The lowest BCUT2D eigenvalue weighted by molar-refractivity contribution is -0.131. The van der Waals surface area contributed by atoms with Crippen LogP contribution in [-0.2, 0) is 4.79 Å². The highest BCUT2D eigenvalue weighted by Gasteiger charge is 2.06. The molecule has 3 nitrogen and oxygen atoms in total. The summed E-state index contributed by atoms with van der Waals surface area (Å²) in [6.07, 6.45) is 6.27. The molecule has 0 aromatic rings. The minimum absolute atomic E-state index is 0.0587. The number of aliphatic carboxylic acids is 1. The summed E-state index contributed by atoms with van der Waals surface area (Å²) in [6, 6.07) is 0. The summed E-state index contributed by atoms with van der Waals surface area (Å²) in [5.41, 5.74) is 0. The molecule has 2 atom stereocenters. The fraction of sp³-hybridized carbons (Fsp3) is 0.500. The van der Waals surface area contributed by atoms with Crippen molar-refractivity contribution in [2.45, 2.75) is 26.4 Å². The molecular formula is C10H16O3. The summed E-state index contributed by atoms with van der Waals surface area (Å²) in [5.74, 6) is -0.906. The van der Waals surface area contributed by atoms with Crippen molar-refractivity contribution in [3.8, 4) is 0 Å². The lowest BCUT2D eigenvalue weighted by Gasteiger charge is -2.11. The molecule has 0 spiro atoms. The van der Waals surface area contributed by atoms with E-state index >= 15 is 0 Å². The van der Waals surface area contributed by atoms with E-state index in [-0.39, 0.29) is 12.0 Å². The summed E-state index contributed by atoms with van der Waals surface area (Å²) < 4.78 is 0. The minimum atomic E-state index is -0.964. The lowest BCUT2D eigenvalue weighted by Crippen LogP contribution is -2.13. The van der Waals surface area contributed by atoms with Crippen LogP contribution in [0.5, 0.6) is 0 Å². The van der Waals surface area contributed by atoms with Crippen LogP contribution < -0.4 is 0 Å². The van der Waals surface area contributed by atoms with Gasteiger partial charge < -0.3 is 10.2 Å². The van der Waals surface area contributed by atoms with Crippen LogP contribution in [0, 0.1) is 5.92 Å². The van der Waals surface area contributed by atoms with Crippen molar-refractivity contribution in [3.05, 3.63) is 24.3 Å². The molecule has 0 aromatic carbocycles. The van der Waals surface area contributed by atoms with Crippen molar-refractivity contribution in [3.63, 3.8) is 0 Å². The molecule has 0 aliphatic heterocycles. The van der Waals surface area contributed by atoms with Crippen LogP contribution in [0.4, 0.5) is 0 Å². The zero-order valence-corrected chi connectivity index (χ0v) is 7.97. The maximum absolute atomic E-state index is 10.1. The zero-order chi connectivity index (χ0) is 10.3. The predicted octanol–water partition coefficient (Wildman–Crippen LogP) is 1.59. The summed E-state index contributed by atoms with van der Waals surface area (Å²) in [7, 11) is 0. The van der Waals surface area contributed by atoms with Gasteiger partial charge >= 0.3 is 5.97 Å². The summed E-state index contributed by atoms with van der Waals surface area (Å²) >= 11 is 0. The molecule has 0 saturated heterocycles. The molecule has 0 rings (SSSR count). The Morgan fingerprint density at radius 3 is 2.54 bits per heavy atom. The Kier molecular flexibility index (Phi) is 5.89. The number of carbonyl (C=O) groups is 1. The quantitative estimate of drug-likeness (QED) is 0.504. The molecule has 0 fully saturated rings. The summed E-state index contributed by atoms with van der Waals surface area (Å²) in [4.78, 5) is 10.1. The molecule has 0 aliphatic rings. The van der Waals surface area contributed by atoms with Crippen LogP contribution in [0.25, 0.3) is 0 Å². The van der Waals surface area contributed by atoms with E-state index < -0.39 is 5.97 Å². The van der Waals surface area contributed by atoms with Crippen LogP contribution >= 0.6 is 0 Å². The molecule has 0 saturated carbocycles. The molecular weight excluding hydrogens is 168 g/mol. The SMILES string of the molecule is CCC(O)C(C)C=CC=CC(=O)O. The summed E-state index contributed by atoms with van der Waals surface area (Å²) in [6.45, 7) is 3.79. The first kappa shape index (κ1) is 11.9. The standard InChI is InChI=1S/C10H16O3/c1-3-9(11)8(2)6-4-5-7-10(12)13/h4-9,11H,3H2,1-2H3,(H,12,13). The van der Waals surface area contributed by atoms with E-state index in [1.54, 1.807) is 12.2 Å². The number of rotatable bonds is 5. The largest absolute Gasteiger partial charge is 0.478 e. The summed E-state index contributed by atoms with van der Waals surface area (Å²) in [5, 5.41) is 17.6. The van der Waals surface area contributed by atoms with E-state index in [2.05, 4.69) is 0 Å². The first-order valence-electron chi connectivity index (χ1n) is 4.33. The second kappa shape index (κ2) is 6.43. The second-order valence-electron chi connectivity index (χ2n) is 2.92. The Morgan fingerprint density at radius 1 is 1.46 bits per heavy atom. The Balaban J connectivity index is 3.90. The van der Waals surface area contributed by atoms with E-state index in [0.717, 1.165) is 6.08 Å². The monoisotopic (exact) mass is 184 g/mol. The average molecular weight is 184 g/mol. The van der Waals surface area contributed by atoms with Crippen LogP contribution in [0.1, 0.15) is 20.3 Å². The van der Waals surface area contributed by atoms with Crippen molar-refractivity contribution in [1.29, 1.82) is 0 Å². The van der Waals surface area contributed by atoms with Crippen molar-refractivity contribution < 1.29 is 15.0 Å². The van der Waals surface area contributed by atoms with Crippen molar-refractivity contribution in [1.82, 2.24) is 0 Å². The van der Waals surface area contributed by atoms with Gasteiger partial charge in [-0.2, -0.15) is 0 Å². The van der Waals surface area contributed by atoms with Gasteiger partial charge in [0, 0.05) is 12.0 Å².